The Kier molecular flexibility index (Phi) is 7.30. The van der Waals surface area contributed by atoms with E-state index in [1.165, 1.54) is 0 Å². The molecule has 1 rings (SSSR count). The van der Waals surface area contributed by atoms with E-state index in [1.807, 2.05) is 25.9 Å². The molecule has 2 N–H and O–H groups in total. The van der Waals surface area contributed by atoms with Crippen LogP contribution in [0.3, 0.4) is 0 Å². The van der Waals surface area contributed by atoms with E-state index >= 15 is 0 Å². The molecule has 5 nitrogen and oxygen atoms in total. The van der Waals surface area contributed by atoms with Crippen molar-refractivity contribution in [3.05, 3.63) is 24.2 Å². The first-order chi connectivity index (χ1) is 7.97. The van der Waals surface area contributed by atoms with Gasteiger partial charge in [0.1, 0.15) is 11.4 Å². The Labute approximate surface area is 125 Å². The summed E-state index contributed by atoms with van der Waals surface area (Å²) in [5, 5.41) is 13.4. The number of nitrogens with zero attached hydrogens (tertiary/aromatic N) is 2. The van der Waals surface area contributed by atoms with E-state index in [0.717, 1.165) is 12.5 Å². The molecule has 104 valence electrons. The van der Waals surface area contributed by atoms with E-state index in [-0.39, 0.29) is 30.5 Å². The Hall–Kier alpha value is -0.760. The highest BCUT2D eigenvalue weighted by molar-refractivity contribution is 14.0. The average Bonchev–Trinajstić information content (AvgIpc) is 2.77. The highest BCUT2D eigenvalue weighted by Gasteiger charge is 2.26. The predicted octanol–water partition coefficient (Wildman–Crippen LogP) is 1.63. The number of aliphatic imine (C=N–C) groups is 1. The van der Waals surface area contributed by atoms with E-state index in [9.17, 15) is 5.11 Å². The molecule has 1 aromatic rings. The minimum Gasteiger partial charge on any atom is -0.466 e. The average molecular weight is 367 g/mol. The summed E-state index contributed by atoms with van der Waals surface area (Å²) in [6.07, 6.45) is 1.55. The molecule has 1 atom stereocenters. The SMILES string of the molecule is CCNC(=NCC(C)(O)c1ccco1)N(C)C.I. The fraction of sp³-hybridized carbons (Fsp3) is 0.583. The molecular weight excluding hydrogens is 345 g/mol. The molecule has 0 saturated carbocycles. The lowest BCUT2D eigenvalue weighted by atomic mass is 10.0. The van der Waals surface area contributed by atoms with Crippen molar-refractivity contribution in [2.24, 2.45) is 4.99 Å². The number of aliphatic hydroxyl groups is 1. The van der Waals surface area contributed by atoms with Gasteiger partial charge in [-0.05, 0) is 26.0 Å². The number of hydrogen-bond acceptors (Lipinski definition) is 3. The van der Waals surface area contributed by atoms with Crippen LogP contribution in [-0.4, -0.2) is 43.2 Å². The third kappa shape index (κ3) is 4.85. The van der Waals surface area contributed by atoms with E-state index in [0.29, 0.717) is 5.76 Å². The van der Waals surface area contributed by atoms with Gasteiger partial charge in [0.05, 0.1) is 12.8 Å². The molecule has 0 aliphatic rings. The number of halogens is 1. The highest BCUT2D eigenvalue weighted by Crippen LogP contribution is 2.21. The Morgan fingerprint density at radius 1 is 1.56 bits per heavy atom. The fourth-order valence-electron chi connectivity index (χ4n) is 1.41. The zero-order valence-electron chi connectivity index (χ0n) is 11.3. The second-order valence-electron chi connectivity index (χ2n) is 4.32. The number of furan rings is 1. The maximum absolute atomic E-state index is 10.2. The second kappa shape index (κ2) is 7.63. The maximum atomic E-state index is 10.2. The third-order valence-corrected chi connectivity index (χ3v) is 2.35. The summed E-state index contributed by atoms with van der Waals surface area (Å²) in [5.41, 5.74) is -1.08. The van der Waals surface area contributed by atoms with Crippen LogP contribution in [0.1, 0.15) is 19.6 Å². The standard InChI is InChI=1S/C12H21N3O2.HI/c1-5-13-11(15(3)4)14-9-12(2,16)10-7-6-8-17-10;/h6-8,16H,5,9H2,1-4H3,(H,13,14);1H. The Morgan fingerprint density at radius 2 is 2.22 bits per heavy atom. The Bertz CT molecular complexity index is 361. The van der Waals surface area contributed by atoms with Gasteiger partial charge in [-0.25, -0.2) is 4.99 Å². The van der Waals surface area contributed by atoms with Crippen LogP contribution < -0.4 is 5.32 Å². The van der Waals surface area contributed by atoms with Gasteiger partial charge >= 0.3 is 0 Å². The van der Waals surface area contributed by atoms with Crippen molar-refractivity contribution in [3.8, 4) is 0 Å². The highest BCUT2D eigenvalue weighted by atomic mass is 127. The first-order valence-electron chi connectivity index (χ1n) is 5.69. The topological polar surface area (TPSA) is 61.0 Å². The second-order valence-corrected chi connectivity index (χ2v) is 4.32. The Morgan fingerprint density at radius 3 is 2.67 bits per heavy atom. The molecule has 1 aromatic heterocycles. The molecule has 0 spiro atoms. The van der Waals surface area contributed by atoms with Crippen LogP contribution in [0.4, 0.5) is 0 Å². The van der Waals surface area contributed by atoms with Crippen molar-refractivity contribution < 1.29 is 9.52 Å². The summed E-state index contributed by atoms with van der Waals surface area (Å²) < 4.78 is 5.20. The molecule has 0 aliphatic heterocycles. The van der Waals surface area contributed by atoms with Gasteiger partial charge in [0.25, 0.3) is 0 Å². The quantitative estimate of drug-likeness (QED) is 0.483. The first kappa shape index (κ1) is 17.2. The molecule has 0 saturated heterocycles. The van der Waals surface area contributed by atoms with Gasteiger partial charge in [-0.15, -0.1) is 24.0 Å². The normalized spacial score (nSPS) is 14.6. The molecule has 0 amide bonds. The monoisotopic (exact) mass is 367 g/mol. The fourth-order valence-corrected chi connectivity index (χ4v) is 1.41. The minimum absolute atomic E-state index is 0. The molecule has 0 fully saturated rings. The van der Waals surface area contributed by atoms with Gasteiger partial charge in [-0.3, -0.25) is 0 Å². The van der Waals surface area contributed by atoms with Crippen LogP contribution >= 0.6 is 24.0 Å². The lowest BCUT2D eigenvalue weighted by molar-refractivity contribution is 0.0435. The van der Waals surface area contributed by atoms with Gasteiger partial charge in [0.2, 0.25) is 0 Å². The molecule has 0 radical (unpaired) electrons. The molecule has 18 heavy (non-hydrogen) atoms. The molecule has 0 aliphatic carbocycles. The van der Waals surface area contributed by atoms with Gasteiger partial charge in [-0.2, -0.15) is 0 Å². The van der Waals surface area contributed by atoms with Crippen molar-refractivity contribution in [2.75, 3.05) is 27.2 Å². The van der Waals surface area contributed by atoms with Crippen LogP contribution in [-0.2, 0) is 5.60 Å². The number of guanidine groups is 1. The molecule has 6 heteroatoms. The van der Waals surface area contributed by atoms with Gasteiger partial charge in [0, 0.05) is 20.6 Å². The molecule has 1 unspecified atom stereocenters. The lowest BCUT2D eigenvalue weighted by Gasteiger charge is -2.21. The summed E-state index contributed by atoms with van der Waals surface area (Å²) in [7, 11) is 3.81. The van der Waals surface area contributed by atoms with E-state index in [1.54, 1.807) is 25.3 Å². The summed E-state index contributed by atoms with van der Waals surface area (Å²) in [6, 6.07) is 3.50. The molecule has 0 aromatic carbocycles. The van der Waals surface area contributed by atoms with Crippen LogP contribution in [0, 0.1) is 0 Å². The van der Waals surface area contributed by atoms with Crippen LogP contribution in [0.2, 0.25) is 0 Å². The number of hydrogen-bond donors (Lipinski definition) is 2. The van der Waals surface area contributed by atoms with Crippen molar-refractivity contribution >= 4 is 29.9 Å². The summed E-state index contributed by atoms with van der Waals surface area (Å²) in [6.45, 7) is 4.74. The van der Waals surface area contributed by atoms with Gasteiger partial charge in [0.15, 0.2) is 5.96 Å². The van der Waals surface area contributed by atoms with Crippen molar-refractivity contribution in [1.29, 1.82) is 0 Å². The van der Waals surface area contributed by atoms with Crippen molar-refractivity contribution in [3.63, 3.8) is 0 Å². The van der Waals surface area contributed by atoms with Gasteiger partial charge < -0.3 is 19.7 Å². The van der Waals surface area contributed by atoms with Crippen molar-refractivity contribution in [2.45, 2.75) is 19.4 Å². The zero-order valence-corrected chi connectivity index (χ0v) is 13.6. The smallest absolute Gasteiger partial charge is 0.193 e. The number of nitrogens with one attached hydrogen (secondary N) is 1. The lowest BCUT2D eigenvalue weighted by Crippen LogP contribution is -2.37. The van der Waals surface area contributed by atoms with Crippen molar-refractivity contribution in [1.82, 2.24) is 10.2 Å². The van der Waals surface area contributed by atoms with Crippen LogP contribution in [0.5, 0.6) is 0 Å². The van der Waals surface area contributed by atoms with E-state index in [2.05, 4.69) is 10.3 Å². The van der Waals surface area contributed by atoms with E-state index < -0.39 is 5.60 Å². The van der Waals surface area contributed by atoms with Crippen LogP contribution in [0.25, 0.3) is 0 Å². The summed E-state index contributed by atoms with van der Waals surface area (Å²) in [5.74, 6) is 1.27. The van der Waals surface area contributed by atoms with Gasteiger partial charge in [-0.1, -0.05) is 0 Å². The predicted molar refractivity (Wildman–Crippen MR) is 83.4 cm³/mol. The summed E-state index contributed by atoms with van der Waals surface area (Å²) in [4.78, 5) is 6.24. The van der Waals surface area contributed by atoms with Crippen LogP contribution in [0.15, 0.2) is 27.8 Å². The molecule has 0 bridgehead atoms. The first-order valence-corrected chi connectivity index (χ1v) is 5.69. The largest absolute Gasteiger partial charge is 0.466 e. The van der Waals surface area contributed by atoms with E-state index in [4.69, 9.17) is 4.42 Å². The minimum atomic E-state index is -1.08. The third-order valence-electron chi connectivity index (χ3n) is 2.35. The summed E-state index contributed by atoms with van der Waals surface area (Å²) >= 11 is 0. The maximum Gasteiger partial charge on any atom is 0.193 e. The molecule has 1 heterocycles. The Balaban J connectivity index is 0.00000289. The zero-order chi connectivity index (χ0) is 12.9. The molecular formula is C12H22IN3O2. The number of rotatable bonds is 4.